The third kappa shape index (κ3) is 4.54. The van der Waals surface area contributed by atoms with Gasteiger partial charge in [0.15, 0.2) is 0 Å². The highest BCUT2D eigenvalue weighted by atomic mass is 16.5. The molecule has 3 aromatic rings. The van der Waals surface area contributed by atoms with E-state index in [0.29, 0.717) is 12.4 Å². The Balaban J connectivity index is 1.86. The zero-order valence-corrected chi connectivity index (χ0v) is 15.7. The van der Waals surface area contributed by atoms with E-state index in [1.54, 1.807) is 0 Å². The van der Waals surface area contributed by atoms with Gasteiger partial charge in [0.05, 0.1) is 6.21 Å². The first-order valence-electron chi connectivity index (χ1n) is 8.83. The van der Waals surface area contributed by atoms with Crippen molar-refractivity contribution in [2.24, 2.45) is 5.10 Å². The molecule has 0 aliphatic carbocycles. The van der Waals surface area contributed by atoms with E-state index in [1.165, 1.54) is 18.8 Å². The number of aryl methyl sites for hydroxylation is 1. The minimum atomic E-state index is -0.832. The molecule has 2 N–H and O–H groups in total. The number of hydrogen-bond donors (Lipinski definition) is 2. The Labute approximate surface area is 163 Å². The van der Waals surface area contributed by atoms with Gasteiger partial charge in [0.2, 0.25) is 0 Å². The maximum absolute atomic E-state index is 11.6. The molecule has 0 aromatic heterocycles. The van der Waals surface area contributed by atoms with Crippen LogP contribution in [-0.2, 0) is 16.2 Å². The Bertz CT molecular complexity index is 1030. The molecule has 0 aliphatic rings. The van der Waals surface area contributed by atoms with Crippen molar-refractivity contribution in [2.75, 3.05) is 7.05 Å². The summed E-state index contributed by atoms with van der Waals surface area (Å²) in [6.45, 7) is 2.44. The van der Waals surface area contributed by atoms with E-state index in [4.69, 9.17) is 4.74 Å². The lowest BCUT2D eigenvalue weighted by Crippen LogP contribution is -2.35. The highest BCUT2D eigenvalue weighted by Gasteiger charge is 2.11. The number of nitrogens with one attached hydrogen (secondary N) is 2. The van der Waals surface area contributed by atoms with Crippen LogP contribution in [0.1, 0.15) is 16.7 Å². The van der Waals surface area contributed by atoms with Crippen molar-refractivity contribution in [1.82, 2.24) is 10.7 Å². The lowest BCUT2D eigenvalue weighted by molar-refractivity contribution is -0.138. The molecule has 0 bridgehead atoms. The van der Waals surface area contributed by atoms with Crippen LogP contribution in [0.2, 0.25) is 0 Å². The smallest absolute Gasteiger partial charge is 0.329 e. The standard InChI is InChI=1S/C22H21N3O3/c1-15-7-9-16(10-8-15)14-28-20-12-11-17-5-3-4-6-18(17)19(20)13-24-25-22(27)21(26)23-2/h3-13H,14H2,1-2H3,(H,23,26)(H,25,27)/b24-13-. The summed E-state index contributed by atoms with van der Waals surface area (Å²) in [6.07, 6.45) is 1.49. The van der Waals surface area contributed by atoms with Crippen LogP contribution >= 0.6 is 0 Å². The predicted octanol–water partition coefficient (Wildman–Crippen LogP) is 2.92. The summed E-state index contributed by atoms with van der Waals surface area (Å²) in [7, 11) is 1.38. The Morgan fingerprint density at radius 1 is 1.00 bits per heavy atom. The summed E-state index contributed by atoms with van der Waals surface area (Å²) in [5.74, 6) is -0.954. The number of amides is 2. The van der Waals surface area contributed by atoms with E-state index >= 15 is 0 Å². The summed E-state index contributed by atoms with van der Waals surface area (Å²) in [5, 5.41) is 8.12. The summed E-state index contributed by atoms with van der Waals surface area (Å²) in [4.78, 5) is 22.9. The molecule has 0 fully saturated rings. The van der Waals surface area contributed by atoms with Crippen LogP contribution in [0.4, 0.5) is 0 Å². The van der Waals surface area contributed by atoms with Crippen LogP contribution in [0.15, 0.2) is 65.8 Å². The van der Waals surface area contributed by atoms with Crippen molar-refractivity contribution >= 4 is 28.8 Å². The van der Waals surface area contributed by atoms with Gasteiger partial charge in [-0.25, -0.2) is 5.43 Å². The van der Waals surface area contributed by atoms with E-state index in [2.05, 4.69) is 15.8 Å². The molecule has 6 nitrogen and oxygen atoms in total. The van der Waals surface area contributed by atoms with Gasteiger partial charge in [-0.2, -0.15) is 5.10 Å². The van der Waals surface area contributed by atoms with Crippen molar-refractivity contribution in [3.63, 3.8) is 0 Å². The molecule has 0 unspecified atom stereocenters. The van der Waals surface area contributed by atoms with Crippen LogP contribution in [0, 0.1) is 6.92 Å². The van der Waals surface area contributed by atoms with Gasteiger partial charge in [-0.05, 0) is 29.3 Å². The molecule has 0 heterocycles. The van der Waals surface area contributed by atoms with Crippen molar-refractivity contribution < 1.29 is 14.3 Å². The molecule has 142 valence electrons. The average molecular weight is 375 g/mol. The number of carbonyl (C=O) groups excluding carboxylic acids is 2. The number of benzene rings is 3. The first kappa shape index (κ1) is 19.1. The minimum absolute atomic E-state index is 0.407. The highest BCUT2D eigenvalue weighted by molar-refractivity contribution is 6.35. The number of fused-ring (bicyclic) bond motifs is 1. The van der Waals surface area contributed by atoms with Gasteiger partial charge in [0, 0.05) is 12.6 Å². The molecule has 0 saturated heterocycles. The van der Waals surface area contributed by atoms with Gasteiger partial charge in [-0.15, -0.1) is 0 Å². The minimum Gasteiger partial charge on any atom is -0.488 e. The molecule has 6 heteroatoms. The zero-order chi connectivity index (χ0) is 19.9. The van der Waals surface area contributed by atoms with Gasteiger partial charge in [-0.3, -0.25) is 9.59 Å². The Kier molecular flexibility index (Phi) is 6.01. The van der Waals surface area contributed by atoms with Gasteiger partial charge < -0.3 is 10.1 Å². The first-order chi connectivity index (χ1) is 13.6. The number of hydrazone groups is 1. The molecule has 0 saturated carbocycles. The second kappa shape index (κ2) is 8.81. The zero-order valence-electron chi connectivity index (χ0n) is 15.7. The van der Waals surface area contributed by atoms with Crippen LogP contribution in [0.3, 0.4) is 0 Å². The van der Waals surface area contributed by atoms with Gasteiger partial charge >= 0.3 is 11.8 Å². The van der Waals surface area contributed by atoms with Crippen LogP contribution in [0.5, 0.6) is 5.75 Å². The van der Waals surface area contributed by atoms with Crippen molar-refractivity contribution in [1.29, 1.82) is 0 Å². The number of likely N-dealkylation sites (N-methyl/N-ethyl adjacent to an activating group) is 1. The predicted molar refractivity (Wildman–Crippen MR) is 109 cm³/mol. The summed E-state index contributed by atoms with van der Waals surface area (Å²) in [5.41, 5.74) is 5.18. The van der Waals surface area contributed by atoms with Crippen LogP contribution in [0.25, 0.3) is 10.8 Å². The maximum atomic E-state index is 11.6. The SMILES string of the molecule is CNC(=O)C(=O)N/N=C\c1c(OCc2ccc(C)cc2)ccc2ccccc12. The molecule has 0 radical (unpaired) electrons. The van der Waals surface area contributed by atoms with Crippen molar-refractivity contribution in [3.8, 4) is 5.75 Å². The molecule has 28 heavy (non-hydrogen) atoms. The highest BCUT2D eigenvalue weighted by Crippen LogP contribution is 2.27. The van der Waals surface area contributed by atoms with E-state index in [-0.39, 0.29) is 0 Å². The maximum Gasteiger partial charge on any atom is 0.329 e. The second-order valence-electron chi connectivity index (χ2n) is 6.25. The van der Waals surface area contributed by atoms with Crippen LogP contribution < -0.4 is 15.5 Å². The molecule has 2 amide bonds. The average Bonchev–Trinajstić information content (AvgIpc) is 2.73. The molecule has 0 spiro atoms. The number of hydrogen-bond acceptors (Lipinski definition) is 4. The molecular weight excluding hydrogens is 354 g/mol. The Morgan fingerprint density at radius 2 is 1.75 bits per heavy atom. The fourth-order valence-electron chi connectivity index (χ4n) is 2.70. The quantitative estimate of drug-likeness (QED) is 0.409. The Hall–Kier alpha value is -3.67. The van der Waals surface area contributed by atoms with Gasteiger partial charge in [-0.1, -0.05) is 60.2 Å². The Morgan fingerprint density at radius 3 is 2.50 bits per heavy atom. The van der Waals surface area contributed by atoms with Crippen LogP contribution in [-0.4, -0.2) is 25.1 Å². The fraction of sp³-hybridized carbons (Fsp3) is 0.136. The summed E-state index contributed by atoms with van der Waals surface area (Å²) < 4.78 is 6.01. The molecule has 0 atom stereocenters. The first-order valence-corrected chi connectivity index (χ1v) is 8.83. The van der Waals surface area contributed by atoms with E-state index in [0.717, 1.165) is 21.9 Å². The third-order valence-electron chi connectivity index (χ3n) is 4.24. The largest absolute Gasteiger partial charge is 0.488 e. The molecule has 3 aromatic carbocycles. The normalized spacial score (nSPS) is 10.8. The lowest BCUT2D eigenvalue weighted by Gasteiger charge is -2.12. The molecular formula is C22H21N3O3. The van der Waals surface area contributed by atoms with E-state index in [1.807, 2.05) is 67.6 Å². The second-order valence-corrected chi connectivity index (χ2v) is 6.25. The lowest BCUT2D eigenvalue weighted by atomic mass is 10.0. The number of rotatable bonds is 5. The number of ether oxygens (including phenoxy) is 1. The molecule has 0 aliphatic heterocycles. The fourth-order valence-corrected chi connectivity index (χ4v) is 2.70. The molecule has 3 rings (SSSR count). The van der Waals surface area contributed by atoms with Gasteiger partial charge in [0.1, 0.15) is 12.4 Å². The van der Waals surface area contributed by atoms with Crippen molar-refractivity contribution in [2.45, 2.75) is 13.5 Å². The topological polar surface area (TPSA) is 79.8 Å². The third-order valence-corrected chi connectivity index (χ3v) is 4.24. The monoisotopic (exact) mass is 375 g/mol. The van der Waals surface area contributed by atoms with Gasteiger partial charge in [0.25, 0.3) is 0 Å². The van der Waals surface area contributed by atoms with Crippen molar-refractivity contribution in [3.05, 3.63) is 77.4 Å². The van der Waals surface area contributed by atoms with E-state index in [9.17, 15) is 9.59 Å². The van der Waals surface area contributed by atoms with E-state index < -0.39 is 11.8 Å². The summed E-state index contributed by atoms with van der Waals surface area (Å²) >= 11 is 0. The number of nitrogens with zero attached hydrogens (tertiary/aromatic N) is 1. The summed E-state index contributed by atoms with van der Waals surface area (Å²) in [6, 6.07) is 19.8. The number of carbonyl (C=O) groups is 2.